The van der Waals surface area contributed by atoms with Gasteiger partial charge in [-0.15, -0.1) is 0 Å². The number of nitrogens with one attached hydrogen (secondary N) is 1. The standard InChI is InChI=1S/C20H18Cl2N4O2/c1-25-16-5-3-2-4-15(16)24-18(25)11-23-19(27)13-8-9-26(20(13)28)17-10-12(21)6-7-14(17)22/h2-7,10,13H,8-9,11H2,1H3,(H,23,27)/t13-/m1/s1. The highest BCUT2D eigenvalue weighted by molar-refractivity contribution is 6.36. The lowest BCUT2D eigenvalue weighted by atomic mass is 10.1. The lowest BCUT2D eigenvalue weighted by Gasteiger charge is -2.18. The first kappa shape index (κ1) is 18.8. The van der Waals surface area contributed by atoms with Gasteiger partial charge in [-0.25, -0.2) is 4.98 Å². The fraction of sp³-hybridized carbons (Fsp3) is 0.250. The molecule has 1 aliphatic rings. The van der Waals surface area contributed by atoms with E-state index in [4.69, 9.17) is 23.2 Å². The molecule has 144 valence electrons. The average Bonchev–Trinajstić information content (AvgIpc) is 3.22. The number of amides is 2. The normalized spacial score (nSPS) is 16.8. The van der Waals surface area contributed by atoms with E-state index in [9.17, 15) is 9.59 Å². The van der Waals surface area contributed by atoms with Crippen molar-refractivity contribution in [2.24, 2.45) is 13.0 Å². The molecule has 4 rings (SSSR count). The summed E-state index contributed by atoms with van der Waals surface area (Å²) in [5, 5.41) is 3.76. The highest BCUT2D eigenvalue weighted by Gasteiger charge is 2.38. The van der Waals surface area contributed by atoms with Gasteiger partial charge in [0.15, 0.2) is 0 Å². The monoisotopic (exact) mass is 416 g/mol. The second-order valence-electron chi connectivity index (χ2n) is 6.72. The number of carbonyl (C=O) groups excluding carboxylic acids is 2. The number of hydrogen-bond donors (Lipinski definition) is 1. The molecule has 0 spiro atoms. The van der Waals surface area contributed by atoms with E-state index in [0.29, 0.717) is 28.7 Å². The molecule has 1 fully saturated rings. The molecule has 3 aromatic rings. The van der Waals surface area contributed by atoms with E-state index in [0.717, 1.165) is 16.9 Å². The van der Waals surface area contributed by atoms with Crippen LogP contribution in [0.4, 0.5) is 5.69 Å². The number of aromatic nitrogens is 2. The molecular formula is C20H18Cl2N4O2. The second kappa shape index (κ2) is 7.45. The van der Waals surface area contributed by atoms with Gasteiger partial charge in [0, 0.05) is 18.6 Å². The van der Waals surface area contributed by atoms with Gasteiger partial charge < -0.3 is 14.8 Å². The summed E-state index contributed by atoms with van der Waals surface area (Å²) >= 11 is 12.2. The van der Waals surface area contributed by atoms with E-state index in [1.54, 1.807) is 18.2 Å². The molecule has 0 saturated carbocycles. The molecule has 2 aromatic carbocycles. The Morgan fingerprint density at radius 1 is 1.25 bits per heavy atom. The molecule has 28 heavy (non-hydrogen) atoms. The Kier molecular flexibility index (Phi) is 5.00. The van der Waals surface area contributed by atoms with Gasteiger partial charge in [0.25, 0.3) is 0 Å². The number of benzene rings is 2. The fourth-order valence-corrected chi connectivity index (χ4v) is 3.88. The second-order valence-corrected chi connectivity index (χ2v) is 7.56. The minimum absolute atomic E-state index is 0.256. The molecule has 8 heteroatoms. The van der Waals surface area contributed by atoms with E-state index < -0.39 is 5.92 Å². The first-order valence-corrected chi connectivity index (χ1v) is 9.66. The summed E-state index contributed by atoms with van der Waals surface area (Å²) in [6.45, 7) is 0.676. The van der Waals surface area contributed by atoms with Crippen molar-refractivity contribution in [3.8, 4) is 0 Å². The number of nitrogens with zero attached hydrogens (tertiary/aromatic N) is 3. The Labute approximate surface area is 172 Å². The lowest BCUT2D eigenvalue weighted by Crippen LogP contribution is -2.37. The zero-order valence-corrected chi connectivity index (χ0v) is 16.7. The van der Waals surface area contributed by atoms with Crippen LogP contribution >= 0.6 is 23.2 Å². The number of halogens is 2. The van der Waals surface area contributed by atoms with Crippen molar-refractivity contribution in [1.29, 1.82) is 0 Å². The molecule has 0 radical (unpaired) electrons. The zero-order chi connectivity index (χ0) is 19.8. The van der Waals surface area contributed by atoms with Crippen LogP contribution in [0.1, 0.15) is 12.2 Å². The van der Waals surface area contributed by atoms with Gasteiger partial charge in [-0.2, -0.15) is 0 Å². The summed E-state index contributed by atoms with van der Waals surface area (Å²) in [6.07, 6.45) is 0.427. The number of para-hydroxylation sites is 2. The van der Waals surface area contributed by atoms with Crippen LogP contribution in [0, 0.1) is 5.92 Å². The minimum Gasteiger partial charge on any atom is -0.348 e. The molecule has 0 unspecified atom stereocenters. The number of aryl methyl sites for hydroxylation is 1. The predicted molar refractivity (Wildman–Crippen MR) is 109 cm³/mol. The van der Waals surface area contributed by atoms with Crippen LogP contribution in [0.25, 0.3) is 11.0 Å². The van der Waals surface area contributed by atoms with Crippen molar-refractivity contribution >= 4 is 51.7 Å². The van der Waals surface area contributed by atoms with Gasteiger partial charge in [0.1, 0.15) is 11.7 Å². The van der Waals surface area contributed by atoms with Crippen molar-refractivity contribution < 1.29 is 9.59 Å². The van der Waals surface area contributed by atoms with Crippen LogP contribution in [0.2, 0.25) is 10.0 Å². The molecule has 0 aliphatic carbocycles. The maximum Gasteiger partial charge on any atom is 0.239 e. The fourth-order valence-electron chi connectivity index (χ4n) is 3.50. The Bertz CT molecular complexity index is 1080. The topological polar surface area (TPSA) is 67.2 Å². The van der Waals surface area contributed by atoms with Crippen molar-refractivity contribution in [3.05, 3.63) is 58.3 Å². The van der Waals surface area contributed by atoms with Crippen LogP contribution in [-0.2, 0) is 23.2 Å². The third kappa shape index (κ3) is 3.34. The minimum atomic E-state index is -0.746. The first-order valence-electron chi connectivity index (χ1n) is 8.90. The third-order valence-corrected chi connectivity index (χ3v) is 5.58. The SMILES string of the molecule is Cn1c(CNC(=O)[C@H]2CCN(c3cc(Cl)ccc3Cl)C2=O)nc2ccccc21. The van der Waals surface area contributed by atoms with Crippen LogP contribution in [0.3, 0.4) is 0 Å². The molecule has 1 aromatic heterocycles. The molecule has 1 aliphatic heterocycles. The van der Waals surface area contributed by atoms with Crippen LogP contribution in [-0.4, -0.2) is 27.9 Å². The lowest BCUT2D eigenvalue weighted by molar-refractivity contribution is -0.132. The number of anilines is 1. The highest BCUT2D eigenvalue weighted by Crippen LogP contribution is 2.33. The molecule has 1 atom stereocenters. The van der Waals surface area contributed by atoms with Crippen molar-refractivity contribution in [3.63, 3.8) is 0 Å². The first-order chi connectivity index (χ1) is 13.5. The van der Waals surface area contributed by atoms with E-state index in [1.165, 1.54) is 4.90 Å². The summed E-state index contributed by atoms with van der Waals surface area (Å²) in [5.74, 6) is -0.594. The summed E-state index contributed by atoms with van der Waals surface area (Å²) in [5.41, 5.74) is 2.39. The highest BCUT2D eigenvalue weighted by atomic mass is 35.5. The van der Waals surface area contributed by atoms with Gasteiger partial charge in [0.2, 0.25) is 11.8 Å². The van der Waals surface area contributed by atoms with E-state index >= 15 is 0 Å². The van der Waals surface area contributed by atoms with E-state index in [1.807, 2.05) is 35.9 Å². The molecule has 2 heterocycles. The summed E-state index contributed by atoms with van der Waals surface area (Å²) in [6, 6.07) is 12.7. The van der Waals surface area contributed by atoms with E-state index in [-0.39, 0.29) is 18.4 Å². The van der Waals surface area contributed by atoms with Gasteiger partial charge in [-0.3, -0.25) is 9.59 Å². The van der Waals surface area contributed by atoms with Gasteiger partial charge in [-0.1, -0.05) is 35.3 Å². The number of carbonyl (C=O) groups is 2. The smallest absolute Gasteiger partial charge is 0.239 e. The zero-order valence-electron chi connectivity index (χ0n) is 15.2. The van der Waals surface area contributed by atoms with Gasteiger partial charge in [-0.05, 0) is 36.8 Å². The van der Waals surface area contributed by atoms with Gasteiger partial charge in [0.05, 0.1) is 28.3 Å². The third-order valence-electron chi connectivity index (χ3n) is 5.02. The van der Waals surface area contributed by atoms with Crippen molar-refractivity contribution in [2.75, 3.05) is 11.4 Å². The Balaban J connectivity index is 1.46. The molecule has 1 saturated heterocycles. The number of hydrogen-bond acceptors (Lipinski definition) is 3. The molecule has 1 N–H and O–H groups in total. The largest absolute Gasteiger partial charge is 0.348 e. The number of fused-ring (bicyclic) bond motifs is 1. The number of rotatable bonds is 4. The summed E-state index contributed by atoms with van der Waals surface area (Å²) < 4.78 is 1.93. The van der Waals surface area contributed by atoms with Crippen LogP contribution in [0.5, 0.6) is 0 Å². The Morgan fingerprint density at radius 3 is 2.82 bits per heavy atom. The molecule has 0 bridgehead atoms. The Hall–Kier alpha value is -2.57. The molecule has 2 amide bonds. The van der Waals surface area contributed by atoms with Crippen molar-refractivity contribution in [2.45, 2.75) is 13.0 Å². The average molecular weight is 417 g/mol. The van der Waals surface area contributed by atoms with Gasteiger partial charge >= 0.3 is 0 Å². The molecule has 6 nitrogen and oxygen atoms in total. The Morgan fingerprint density at radius 2 is 2.04 bits per heavy atom. The summed E-state index contributed by atoms with van der Waals surface area (Å²) in [4.78, 5) is 31.5. The number of imidazole rings is 1. The van der Waals surface area contributed by atoms with Crippen LogP contribution < -0.4 is 10.2 Å². The predicted octanol–water partition coefficient (Wildman–Crippen LogP) is 3.55. The van der Waals surface area contributed by atoms with E-state index in [2.05, 4.69) is 10.3 Å². The quantitative estimate of drug-likeness (QED) is 0.661. The summed E-state index contributed by atoms with van der Waals surface area (Å²) in [7, 11) is 1.90. The maximum absolute atomic E-state index is 12.8. The molecular weight excluding hydrogens is 399 g/mol. The van der Waals surface area contributed by atoms with Crippen molar-refractivity contribution in [1.82, 2.24) is 14.9 Å². The van der Waals surface area contributed by atoms with Crippen LogP contribution in [0.15, 0.2) is 42.5 Å². The maximum atomic E-state index is 12.8.